The molecule has 4 rings (SSSR count). The van der Waals surface area contributed by atoms with E-state index in [1.54, 1.807) is 18.2 Å². The van der Waals surface area contributed by atoms with Crippen LogP contribution in [0.25, 0.3) is 0 Å². The van der Waals surface area contributed by atoms with Gasteiger partial charge in [0.25, 0.3) is 5.91 Å². The number of morpholine rings is 1. The summed E-state index contributed by atoms with van der Waals surface area (Å²) >= 11 is 0. The number of hydrogen-bond acceptors (Lipinski definition) is 6. The highest BCUT2D eigenvalue weighted by Crippen LogP contribution is 2.33. The summed E-state index contributed by atoms with van der Waals surface area (Å²) in [5, 5.41) is 2.73. The van der Waals surface area contributed by atoms with Crippen molar-refractivity contribution in [1.29, 1.82) is 0 Å². The van der Waals surface area contributed by atoms with Crippen LogP contribution in [-0.2, 0) is 19.6 Å². The molecule has 3 aromatic carbocycles. The molecule has 1 fully saturated rings. The van der Waals surface area contributed by atoms with E-state index < -0.39 is 15.9 Å². The molecule has 8 nitrogen and oxygen atoms in total. The van der Waals surface area contributed by atoms with Crippen LogP contribution in [0.1, 0.15) is 5.56 Å². The van der Waals surface area contributed by atoms with Crippen LogP contribution in [0.5, 0.6) is 17.2 Å². The first-order valence-electron chi connectivity index (χ1n) is 10.9. The van der Waals surface area contributed by atoms with Crippen LogP contribution >= 0.6 is 0 Å². The van der Waals surface area contributed by atoms with Gasteiger partial charge in [0.05, 0.1) is 23.8 Å². The van der Waals surface area contributed by atoms with Crippen molar-refractivity contribution in [3.8, 4) is 17.2 Å². The van der Waals surface area contributed by atoms with Crippen molar-refractivity contribution in [3.05, 3.63) is 78.4 Å². The predicted octanol–water partition coefficient (Wildman–Crippen LogP) is 3.83. The number of ether oxygens (including phenoxy) is 3. The molecule has 0 spiro atoms. The fourth-order valence-corrected chi connectivity index (χ4v) is 4.88. The zero-order chi connectivity index (χ0) is 24.0. The maximum atomic E-state index is 13.1. The average Bonchev–Trinajstić information content (AvgIpc) is 2.85. The van der Waals surface area contributed by atoms with Crippen molar-refractivity contribution in [2.24, 2.45) is 0 Å². The average molecular weight is 483 g/mol. The lowest BCUT2D eigenvalue weighted by atomic mass is 10.2. The summed E-state index contributed by atoms with van der Waals surface area (Å²) in [6.07, 6.45) is 0. The molecular weight excluding hydrogens is 456 g/mol. The van der Waals surface area contributed by atoms with Gasteiger partial charge in [-0.2, -0.15) is 4.31 Å². The second-order valence-electron chi connectivity index (χ2n) is 7.74. The Labute approximate surface area is 199 Å². The third-order valence-electron chi connectivity index (χ3n) is 5.16. The standard InChI is InChI=1S/C25H26N2O6S/c1-19-6-5-9-21(16-19)32-18-25(28)26-23-17-22(34(29,30)27-12-14-31-15-13-27)10-11-24(23)33-20-7-3-2-4-8-20/h2-11,16-17H,12-15,18H2,1H3,(H,26,28). The monoisotopic (exact) mass is 482 g/mol. The number of anilines is 1. The first-order chi connectivity index (χ1) is 16.4. The minimum Gasteiger partial charge on any atom is -0.484 e. The van der Waals surface area contributed by atoms with E-state index in [0.717, 1.165) is 5.56 Å². The summed E-state index contributed by atoms with van der Waals surface area (Å²) in [7, 11) is -3.75. The van der Waals surface area contributed by atoms with Gasteiger partial charge in [0.2, 0.25) is 10.0 Å². The molecule has 1 saturated heterocycles. The molecule has 0 aromatic heterocycles. The maximum absolute atomic E-state index is 13.1. The van der Waals surface area contributed by atoms with Crippen LogP contribution in [0.15, 0.2) is 77.7 Å². The molecule has 9 heteroatoms. The Bertz CT molecular complexity index is 1240. The number of benzene rings is 3. The van der Waals surface area contributed by atoms with Gasteiger partial charge in [0.1, 0.15) is 11.5 Å². The van der Waals surface area contributed by atoms with E-state index in [0.29, 0.717) is 30.5 Å². The number of rotatable bonds is 8. The second kappa shape index (κ2) is 10.7. The number of hydrogen-bond donors (Lipinski definition) is 1. The van der Waals surface area contributed by atoms with E-state index in [1.807, 2.05) is 43.3 Å². The highest BCUT2D eigenvalue weighted by atomic mass is 32.2. The molecule has 1 aliphatic rings. The molecule has 34 heavy (non-hydrogen) atoms. The van der Waals surface area contributed by atoms with Crippen LogP contribution in [0.4, 0.5) is 5.69 Å². The summed E-state index contributed by atoms with van der Waals surface area (Å²) < 4.78 is 44.4. The van der Waals surface area contributed by atoms with Crippen LogP contribution in [0.2, 0.25) is 0 Å². The van der Waals surface area contributed by atoms with Crippen molar-refractivity contribution in [3.63, 3.8) is 0 Å². The maximum Gasteiger partial charge on any atom is 0.262 e. The van der Waals surface area contributed by atoms with Crippen LogP contribution in [-0.4, -0.2) is 51.5 Å². The number of nitrogens with one attached hydrogen (secondary N) is 1. The molecule has 0 saturated carbocycles. The van der Waals surface area contributed by atoms with E-state index >= 15 is 0 Å². The lowest BCUT2D eigenvalue weighted by Gasteiger charge is -2.26. The Morgan fingerprint density at radius 2 is 1.71 bits per heavy atom. The zero-order valence-electron chi connectivity index (χ0n) is 18.8. The molecule has 178 valence electrons. The third-order valence-corrected chi connectivity index (χ3v) is 7.06. The van der Waals surface area contributed by atoms with Crippen molar-refractivity contribution in [1.82, 2.24) is 4.31 Å². The van der Waals surface area contributed by atoms with Gasteiger partial charge in [-0.3, -0.25) is 4.79 Å². The van der Waals surface area contributed by atoms with Gasteiger partial charge in [0.15, 0.2) is 12.4 Å². The minimum absolute atomic E-state index is 0.0599. The quantitative estimate of drug-likeness (QED) is 0.525. The fourth-order valence-electron chi connectivity index (χ4n) is 3.45. The zero-order valence-corrected chi connectivity index (χ0v) is 19.6. The van der Waals surface area contributed by atoms with E-state index in [9.17, 15) is 13.2 Å². The number of carbonyl (C=O) groups is 1. The summed E-state index contributed by atoms with van der Waals surface area (Å²) in [6, 6.07) is 20.8. The Hall–Kier alpha value is -3.40. The Morgan fingerprint density at radius 1 is 0.971 bits per heavy atom. The van der Waals surface area contributed by atoms with Crippen LogP contribution < -0.4 is 14.8 Å². The third kappa shape index (κ3) is 5.93. The predicted molar refractivity (Wildman–Crippen MR) is 128 cm³/mol. The molecular formula is C25H26N2O6S. The molecule has 0 unspecified atom stereocenters. The lowest BCUT2D eigenvalue weighted by molar-refractivity contribution is -0.118. The number of sulfonamides is 1. The molecule has 1 heterocycles. The Kier molecular flexibility index (Phi) is 7.46. The van der Waals surface area contributed by atoms with Crippen molar-refractivity contribution in [2.45, 2.75) is 11.8 Å². The van der Waals surface area contributed by atoms with Crippen LogP contribution in [0.3, 0.4) is 0 Å². The Balaban J connectivity index is 1.57. The Morgan fingerprint density at radius 3 is 2.44 bits per heavy atom. The number of carbonyl (C=O) groups excluding carboxylic acids is 1. The van der Waals surface area contributed by atoms with Gasteiger partial charge in [-0.25, -0.2) is 8.42 Å². The van der Waals surface area contributed by atoms with E-state index in [4.69, 9.17) is 14.2 Å². The molecule has 1 N–H and O–H groups in total. The minimum atomic E-state index is -3.75. The first-order valence-corrected chi connectivity index (χ1v) is 12.3. The first kappa shape index (κ1) is 23.7. The summed E-state index contributed by atoms with van der Waals surface area (Å²) in [6.45, 7) is 2.92. The molecule has 1 amide bonds. The molecule has 3 aromatic rings. The summed E-state index contributed by atoms with van der Waals surface area (Å²) in [4.78, 5) is 12.7. The van der Waals surface area contributed by atoms with Gasteiger partial charge in [-0.1, -0.05) is 30.3 Å². The largest absolute Gasteiger partial charge is 0.484 e. The molecule has 0 bridgehead atoms. The van der Waals surface area contributed by atoms with Gasteiger partial charge >= 0.3 is 0 Å². The fraction of sp³-hybridized carbons (Fsp3) is 0.240. The molecule has 0 atom stereocenters. The van der Waals surface area contributed by atoms with E-state index in [1.165, 1.54) is 22.5 Å². The van der Waals surface area contributed by atoms with E-state index in [-0.39, 0.29) is 30.3 Å². The lowest BCUT2D eigenvalue weighted by Crippen LogP contribution is -2.40. The summed E-state index contributed by atoms with van der Waals surface area (Å²) in [5.41, 5.74) is 1.24. The van der Waals surface area contributed by atoms with Gasteiger partial charge in [-0.05, 0) is 55.0 Å². The molecule has 0 radical (unpaired) electrons. The number of aryl methyl sites for hydroxylation is 1. The van der Waals surface area contributed by atoms with Crippen molar-refractivity contribution in [2.75, 3.05) is 38.2 Å². The molecule has 1 aliphatic heterocycles. The highest BCUT2D eigenvalue weighted by molar-refractivity contribution is 7.89. The number of para-hydroxylation sites is 1. The van der Waals surface area contributed by atoms with Crippen molar-refractivity contribution >= 4 is 21.6 Å². The smallest absolute Gasteiger partial charge is 0.262 e. The van der Waals surface area contributed by atoms with Gasteiger partial charge < -0.3 is 19.5 Å². The van der Waals surface area contributed by atoms with Gasteiger partial charge in [-0.15, -0.1) is 0 Å². The normalized spacial score (nSPS) is 14.4. The van der Waals surface area contributed by atoms with E-state index in [2.05, 4.69) is 5.32 Å². The SMILES string of the molecule is Cc1cccc(OCC(=O)Nc2cc(S(=O)(=O)N3CCOCC3)ccc2Oc2ccccc2)c1. The molecule has 0 aliphatic carbocycles. The van der Waals surface area contributed by atoms with Crippen molar-refractivity contribution < 1.29 is 27.4 Å². The second-order valence-corrected chi connectivity index (χ2v) is 9.68. The number of amides is 1. The highest BCUT2D eigenvalue weighted by Gasteiger charge is 2.27. The summed E-state index contributed by atoms with van der Waals surface area (Å²) in [5.74, 6) is 0.994. The van der Waals surface area contributed by atoms with Crippen LogP contribution in [0, 0.1) is 6.92 Å². The topological polar surface area (TPSA) is 94.2 Å². The number of nitrogens with zero attached hydrogens (tertiary/aromatic N) is 1. The van der Waals surface area contributed by atoms with Gasteiger partial charge in [0, 0.05) is 13.1 Å².